The van der Waals surface area contributed by atoms with Crippen molar-refractivity contribution in [3.05, 3.63) is 58.6 Å². The van der Waals surface area contributed by atoms with Crippen LogP contribution in [0, 0.1) is 6.92 Å². The Morgan fingerprint density at radius 2 is 1.80 bits per heavy atom. The van der Waals surface area contributed by atoms with Crippen molar-refractivity contribution in [1.29, 1.82) is 0 Å². The van der Waals surface area contributed by atoms with Gasteiger partial charge in [0.25, 0.3) is 0 Å². The largest absolute Gasteiger partial charge is 0.372 e. The van der Waals surface area contributed by atoms with E-state index >= 15 is 0 Å². The normalized spacial score (nSPS) is 15.1. The Labute approximate surface area is 160 Å². The van der Waals surface area contributed by atoms with Gasteiger partial charge in [0.15, 0.2) is 5.11 Å². The first-order chi connectivity index (χ1) is 12.0. The molecule has 2 aromatic carbocycles. The topological polar surface area (TPSA) is 27.3 Å². The fraction of sp³-hybridized carbons (Fsp3) is 0.350. The monoisotopic (exact) mass is 373 g/mol. The predicted octanol–water partition coefficient (Wildman–Crippen LogP) is 5.30. The highest BCUT2D eigenvalue weighted by molar-refractivity contribution is 7.80. The molecule has 1 saturated heterocycles. The number of rotatable bonds is 4. The molecule has 1 fully saturated rings. The standard InChI is InChI=1S/C20H24ClN3S/c1-14-5-8-17(13-19(14)21)23-20(25)22-15(2)16-6-9-18(10-7-16)24-11-3-4-12-24/h5-10,13,15H,3-4,11-12H2,1-2H3,(H2,22,23,25)/t15-/m0/s1. The lowest BCUT2D eigenvalue weighted by Gasteiger charge is -2.20. The first kappa shape index (κ1) is 18.0. The number of nitrogens with one attached hydrogen (secondary N) is 2. The van der Waals surface area contributed by atoms with Gasteiger partial charge in [-0.15, -0.1) is 0 Å². The molecule has 1 aliphatic rings. The van der Waals surface area contributed by atoms with Crippen LogP contribution in [0.2, 0.25) is 5.02 Å². The Morgan fingerprint density at radius 1 is 1.12 bits per heavy atom. The fourth-order valence-corrected chi connectivity index (χ4v) is 3.54. The molecule has 0 unspecified atom stereocenters. The molecule has 5 heteroatoms. The van der Waals surface area contributed by atoms with Gasteiger partial charge in [0, 0.05) is 29.5 Å². The van der Waals surface area contributed by atoms with Gasteiger partial charge in [0.1, 0.15) is 0 Å². The highest BCUT2D eigenvalue weighted by atomic mass is 35.5. The van der Waals surface area contributed by atoms with E-state index in [2.05, 4.69) is 46.7 Å². The maximum atomic E-state index is 6.16. The first-order valence-electron chi connectivity index (χ1n) is 8.71. The Morgan fingerprint density at radius 3 is 2.44 bits per heavy atom. The molecule has 25 heavy (non-hydrogen) atoms. The smallest absolute Gasteiger partial charge is 0.171 e. The van der Waals surface area contributed by atoms with E-state index in [1.54, 1.807) is 0 Å². The van der Waals surface area contributed by atoms with Crippen LogP contribution in [0.4, 0.5) is 11.4 Å². The number of hydrogen-bond donors (Lipinski definition) is 2. The molecule has 0 saturated carbocycles. The second-order valence-corrected chi connectivity index (χ2v) is 7.39. The number of anilines is 2. The summed E-state index contributed by atoms with van der Waals surface area (Å²) in [5.41, 5.74) is 4.47. The summed E-state index contributed by atoms with van der Waals surface area (Å²) in [5, 5.41) is 7.85. The minimum absolute atomic E-state index is 0.133. The van der Waals surface area contributed by atoms with E-state index in [4.69, 9.17) is 23.8 Å². The summed E-state index contributed by atoms with van der Waals surface area (Å²) in [7, 11) is 0. The summed E-state index contributed by atoms with van der Waals surface area (Å²) in [6.07, 6.45) is 2.59. The van der Waals surface area contributed by atoms with E-state index in [1.807, 2.05) is 25.1 Å². The highest BCUT2D eigenvalue weighted by Gasteiger charge is 2.13. The highest BCUT2D eigenvalue weighted by Crippen LogP contribution is 2.23. The maximum absolute atomic E-state index is 6.16. The number of aryl methyl sites for hydroxylation is 1. The molecular weight excluding hydrogens is 350 g/mol. The van der Waals surface area contributed by atoms with E-state index in [-0.39, 0.29) is 6.04 Å². The van der Waals surface area contributed by atoms with E-state index in [0.29, 0.717) is 5.11 Å². The van der Waals surface area contributed by atoms with Crippen molar-refractivity contribution < 1.29 is 0 Å². The molecule has 1 aliphatic heterocycles. The molecular formula is C20H24ClN3S. The van der Waals surface area contributed by atoms with Crippen molar-refractivity contribution in [3.8, 4) is 0 Å². The van der Waals surface area contributed by atoms with Crippen LogP contribution in [0.15, 0.2) is 42.5 Å². The Hall–Kier alpha value is -1.78. The van der Waals surface area contributed by atoms with E-state index in [1.165, 1.54) is 37.2 Å². The van der Waals surface area contributed by atoms with Crippen molar-refractivity contribution >= 4 is 40.3 Å². The van der Waals surface area contributed by atoms with Crippen LogP contribution < -0.4 is 15.5 Å². The van der Waals surface area contributed by atoms with Crippen molar-refractivity contribution in [3.63, 3.8) is 0 Å². The SMILES string of the molecule is Cc1ccc(NC(=S)N[C@@H](C)c2ccc(N3CCCC3)cc2)cc1Cl. The number of nitrogens with zero attached hydrogens (tertiary/aromatic N) is 1. The minimum atomic E-state index is 0.133. The van der Waals surface area contributed by atoms with Crippen molar-refractivity contribution in [2.24, 2.45) is 0 Å². The van der Waals surface area contributed by atoms with Gasteiger partial charge in [0.2, 0.25) is 0 Å². The van der Waals surface area contributed by atoms with Crippen LogP contribution in [0.25, 0.3) is 0 Å². The number of hydrogen-bond acceptors (Lipinski definition) is 2. The van der Waals surface area contributed by atoms with Crippen LogP contribution in [0.1, 0.15) is 36.9 Å². The summed E-state index contributed by atoms with van der Waals surface area (Å²) in [4.78, 5) is 2.44. The molecule has 132 valence electrons. The molecule has 0 amide bonds. The second kappa shape index (κ2) is 8.07. The zero-order chi connectivity index (χ0) is 17.8. The number of benzene rings is 2. The molecule has 0 aromatic heterocycles. The molecule has 0 spiro atoms. The average molecular weight is 374 g/mol. The average Bonchev–Trinajstić information content (AvgIpc) is 3.13. The molecule has 1 atom stereocenters. The van der Waals surface area contributed by atoms with Gasteiger partial charge in [-0.1, -0.05) is 29.8 Å². The summed E-state index contributed by atoms with van der Waals surface area (Å²) in [6, 6.07) is 14.7. The van der Waals surface area contributed by atoms with E-state index in [0.717, 1.165) is 16.3 Å². The second-order valence-electron chi connectivity index (χ2n) is 6.57. The number of halogens is 1. The number of thiocarbonyl (C=S) groups is 1. The quantitative estimate of drug-likeness (QED) is 0.711. The van der Waals surface area contributed by atoms with Gasteiger partial charge in [-0.2, -0.15) is 0 Å². The Kier molecular flexibility index (Phi) is 5.82. The van der Waals surface area contributed by atoms with Crippen molar-refractivity contribution in [2.75, 3.05) is 23.3 Å². The van der Waals surface area contributed by atoms with Crippen molar-refractivity contribution in [1.82, 2.24) is 5.32 Å². The summed E-state index contributed by atoms with van der Waals surface area (Å²) >= 11 is 11.6. The van der Waals surface area contributed by atoms with Gasteiger partial charge < -0.3 is 15.5 Å². The zero-order valence-electron chi connectivity index (χ0n) is 14.7. The molecule has 2 N–H and O–H groups in total. The van der Waals surface area contributed by atoms with Crippen LogP contribution in [0.5, 0.6) is 0 Å². The maximum Gasteiger partial charge on any atom is 0.171 e. The van der Waals surface area contributed by atoms with Gasteiger partial charge in [-0.25, -0.2) is 0 Å². The molecule has 3 nitrogen and oxygen atoms in total. The van der Waals surface area contributed by atoms with E-state index in [9.17, 15) is 0 Å². The molecule has 0 bridgehead atoms. The fourth-order valence-electron chi connectivity index (χ4n) is 3.07. The summed E-state index contributed by atoms with van der Waals surface area (Å²) in [5.74, 6) is 0. The van der Waals surface area contributed by atoms with E-state index < -0.39 is 0 Å². The predicted molar refractivity (Wildman–Crippen MR) is 112 cm³/mol. The van der Waals surface area contributed by atoms with Crippen LogP contribution in [-0.2, 0) is 0 Å². The lowest BCUT2D eigenvalue weighted by Crippen LogP contribution is -2.30. The lowest BCUT2D eigenvalue weighted by molar-refractivity contribution is 0.722. The third kappa shape index (κ3) is 4.65. The third-order valence-electron chi connectivity index (χ3n) is 4.64. The van der Waals surface area contributed by atoms with Crippen LogP contribution in [-0.4, -0.2) is 18.2 Å². The summed E-state index contributed by atoms with van der Waals surface area (Å²) < 4.78 is 0. The molecule has 0 radical (unpaired) electrons. The molecule has 1 heterocycles. The Bertz CT molecular complexity index is 739. The van der Waals surface area contributed by atoms with Crippen LogP contribution >= 0.6 is 23.8 Å². The third-order valence-corrected chi connectivity index (χ3v) is 5.27. The van der Waals surface area contributed by atoms with Crippen LogP contribution in [0.3, 0.4) is 0 Å². The van der Waals surface area contributed by atoms with Gasteiger partial charge in [0.05, 0.1) is 6.04 Å². The zero-order valence-corrected chi connectivity index (χ0v) is 16.3. The van der Waals surface area contributed by atoms with Gasteiger partial charge in [-0.05, 0) is 74.3 Å². The molecule has 2 aromatic rings. The Balaban J connectivity index is 1.58. The lowest BCUT2D eigenvalue weighted by atomic mass is 10.1. The van der Waals surface area contributed by atoms with Crippen molar-refractivity contribution in [2.45, 2.75) is 32.7 Å². The molecule has 3 rings (SSSR count). The first-order valence-corrected chi connectivity index (χ1v) is 9.50. The van der Waals surface area contributed by atoms with Gasteiger partial charge in [-0.3, -0.25) is 0 Å². The summed E-state index contributed by atoms with van der Waals surface area (Å²) in [6.45, 7) is 6.43. The minimum Gasteiger partial charge on any atom is -0.372 e. The molecule has 0 aliphatic carbocycles. The van der Waals surface area contributed by atoms with Gasteiger partial charge >= 0.3 is 0 Å².